The molecule has 0 saturated heterocycles. The number of benzene rings is 2. The van der Waals surface area contributed by atoms with E-state index in [0.29, 0.717) is 16.6 Å². The summed E-state index contributed by atoms with van der Waals surface area (Å²) in [5.41, 5.74) is 1.14. The van der Waals surface area contributed by atoms with E-state index in [4.69, 9.17) is 4.42 Å². The van der Waals surface area contributed by atoms with E-state index in [0.717, 1.165) is 0 Å². The summed E-state index contributed by atoms with van der Waals surface area (Å²) in [6.07, 6.45) is -0.718. The van der Waals surface area contributed by atoms with Crippen LogP contribution in [0.4, 0.5) is 10.1 Å². The zero-order valence-corrected chi connectivity index (χ0v) is 11.8. The first-order valence-corrected chi connectivity index (χ1v) is 6.82. The SMILES string of the molecule is CC(O)c1ccccc1NC(=O)c1cc2cccc(F)c2o1. The Hall–Kier alpha value is -2.66. The zero-order valence-electron chi connectivity index (χ0n) is 11.8. The average Bonchev–Trinajstić information content (AvgIpc) is 2.93. The number of carbonyl (C=O) groups is 1. The minimum Gasteiger partial charge on any atom is -0.448 e. The van der Waals surface area contributed by atoms with Gasteiger partial charge in [0.05, 0.1) is 6.10 Å². The number of rotatable bonds is 3. The Kier molecular flexibility index (Phi) is 3.65. The fraction of sp³-hybridized carbons (Fsp3) is 0.118. The number of halogens is 1. The minimum atomic E-state index is -0.718. The summed E-state index contributed by atoms with van der Waals surface area (Å²) in [6, 6.07) is 12.9. The number of hydrogen-bond acceptors (Lipinski definition) is 3. The predicted molar refractivity (Wildman–Crippen MR) is 81.2 cm³/mol. The van der Waals surface area contributed by atoms with E-state index in [2.05, 4.69) is 5.32 Å². The van der Waals surface area contributed by atoms with Gasteiger partial charge in [-0.2, -0.15) is 0 Å². The molecule has 1 unspecified atom stereocenters. The maximum absolute atomic E-state index is 13.6. The molecule has 1 heterocycles. The summed E-state index contributed by atoms with van der Waals surface area (Å²) in [5.74, 6) is -0.995. The van der Waals surface area contributed by atoms with E-state index in [1.165, 1.54) is 12.1 Å². The summed E-state index contributed by atoms with van der Waals surface area (Å²) < 4.78 is 18.9. The van der Waals surface area contributed by atoms with Crippen LogP contribution >= 0.6 is 0 Å². The fourth-order valence-electron chi connectivity index (χ4n) is 2.30. The Balaban J connectivity index is 1.92. The maximum Gasteiger partial charge on any atom is 0.291 e. The van der Waals surface area contributed by atoms with Gasteiger partial charge >= 0.3 is 0 Å². The van der Waals surface area contributed by atoms with Crippen LogP contribution in [0.3, 0.4) is 0 Å². The molecule has 0 aliphatic heterocycles. The van der Waals surface area contributed by atoms with Crippen molar-refractivity contribution in [2.75, 3.05) is 5.32 Å². The molecular weight excluding hydrogens is 285 g/mol. The van der Waals surface area contributed by atoms with Crippen molar-refractivity contribution < 1.29 is 18.7 Å². The second-order valence-corrected chi connectivity index (χ2v) is 4.99. The number of para-hydroxylation sites is 2. The van der Waals surface area contributed by atoms with Crippen LogP contribution in [0.2, 0.25) is 0 Å². The molecule has 0 bridgehead atoms. The number of nitrogens with one attached hydrogen (secondary N) is 1. The summed E-state index contributed by atoms with van der Waals surface area (Å²) in [7, 11) is 0. The van der Waals surface area contributed by atoms with Gasteiger partial charge < -0.3 is 14.8 Å². The lowest BCUT2D eigenvalue weighted by Crippen LogP contribution is -2.13. The molecule has 1 atom stereocenters. The number of hydrogen-bond donors (Lipinski definition) is 2. The molecule has 22 heavy (non-hydrogen) atoms. The van der Waals surface area contributed by atoms with Crippen LogP contribution in [-0.2, 0) is 0 Å². The van der Waals surface area contributed by atoms with Crippen molar-refractivity contribution in [3.05, 3.63) is 65.7 Å². The molecule has 112 valence electrons. The summed E-state index contributed by atoms with van der Waals surface area (Å²) in [4.78, 5) is 12.3. The number of anilines is 1. The Morgan fingerprint density at radius 2 is 2.00 bits per heavy atom. The van der Waals surface area contributed by atoms with Crippen molar-refractivity contribution in [1.29, 1.82) is 0 Å². The number of furan rings is 1. The quantitative estimate of drug-likeness (QED) is 0.771. The Labute approximate surface area is 126 Å². The molecule has 2 aromatic carbocycles. The van der Waals surface area contributed by atoms with Crippen molar-refractivity contribution >= 4 is 22.6 Å². The van der Waals surface area contributed by atoms with Gasteiger partial charge in [0, 0.05) is 16.6 Å². The molecule has 0 radical (unpaired) electrons. The van der Waals surface area contributed by atoms with Crippen LogP contribution in [0.5, 0.6) is 0 Å². The highest BCUT2D eigenvalue weighted by Gasteiger charge is 2.16. The van der Waals surface area contributed by atoms with Crippen molar-refractivity contribution in [1.82, 2.24) is 0 Å². The molecule has 0 aliphatic carbocycles. The van der Waals surface area contributed by atoms with Gasteiger partial charge in [-0.3, -0.25) is 4.79 Å². The third-order valence-corrected chi connectivity index (χ3v) is 3.38. The first-order chi connectivity index (χ1) is 10.6. The first-order valence-electron chi connectivity index (χ1n) is 6.82. The molecular formula is C17H14FNO3. The number of carbonyl (C=O) groups excluding carboxylic acids is 1. The Morgan fingerprint density at radius 3 is 2.73 bits per heavy atom. The van der Waals surface area contributed by atoms with E-state index in [9.17, 15) is 14.3 Å². The number of amides is 1. The van der Waals surface area contributed by atoms with Crippen molar-refractivity contribution in [3.8, 4) is 0 Å². The Morgan fingerprint density at radius 1 is 1.23 bits per heavy atom. The molecule has 3 rings (SSSR count). The van der Waals surface area contributed by atoms with Gasteiger partial charge in [-0.25, -0.2) is 4.39 Å². The van der Waals surface area contributed by atoms with Crippen molar-refractivity contribution in [2.24, 2.45) is 0 Å². The standard InChI is InChI=1S/C17H14FNO3/c1-10(20)12-6-2-3-8-14(12)19-17(21)15-9-11-5-4-7-13(18)16(11)22-15/h2-10,20H,1H3,(H,19,21). The van der Waals surface area contributed by atoms with Gasteiger partial charge in [0.2, 0.25) is 0 Å². The van der Waals surface area contributed by atoms with Gasteiger partial charge in [0.1, 0.15) is 0 Å². The van der Waals surface area contributed by atoms with Crippen molar-refractivity contribution in [2.45, 2.75) is 13.0 Å². The molecule has 0 fully saturated rings. The Bertz CT molecular complexity index is 839. The summed E-state index contributed by atoms with van der Waals surface area (Å²) in [5, 5.41) is 12.9. The normalized spacial score (nSPS) is 12.3. The molecule has 5 heteroatoms. The van der Waals surface area contributed by atoms with Crippen LogP contribution in [0.15, 0.2) is 52.9 Å². The monoisotopic (exact) mass is 299 g/mol. The van der Waals surface area contributed by atoms with E-state index in [1.807, 2.05) is 0 Å². The third-order valence-electron chi connectivity index (χ3n) is 3.38. The molecule has 0 spiro atoms. The highest BCUT2D eigenvalue weighted by Crippen LogP contribution is 2.25. The van der Waals surface area contributed by atoms with Gasteiger partial charge in [-0.05, 0) is 25.1 Å². The summed E-state index contributed by atoms with van der Waals surface area (Å²) >= 11 is 0. The molecule has 2 N–H and O–H groups in total. The molecule has 1 amide bonds. The van der Waals surface area contributed by atoms with Gasteiger partial charge in [-0.15, -0.1) is 0 Å². The lowest BCUT2D eigenvalue weighted by atomic mass is 10.1. The van der Waals surface area contributed by atoms with E-state index < -0.39 is 17.8 Å². The number of fused-ring (bicyclic) bond motifs is 1. The van der Waals surface area contributed by atoms with Crippen LogP contribution in [0.25, 0.3) is 11.0 Å². The van der Waals surface area contributed by atoms with Crippen LogP contribution in [-0.4, -0.2) is 11.0 Å². The van der Waals surface area contributed by atoms with E-state index >= 15 is 0 Å². The van der Waals surface area contributed by atoms with Gasteiger partial charge in [0.25, 0.3) is 5.91 Å². The maximum atomic E-state index is 13.6. The second-order valence-electron chi connectivity index (χ2n) is 4.99. The number of aliphatic hydroxyl groups is 1. The predicted octanol–water partition coefficient (Wildman–Crippen LogP) is 3.88. The van der Waals surface area contributed by atoms with Crippen LogP contribution < -0.4 is 5.32 Å². The molecule has 4 nitrogen and oxygen atoms in total. The highest BCUT2D eigenvalue weighted by atomic mass is 19.1. The number of aliphatic hydroxyl groups excluding tert-OH is 1. The minimum absolute atomic E-state index is 0.0143. The second kappa shape index (κ2) is 5.61. The molecule has 0 saturated carbocycles. The fourth-order valence-corrected chi connectivity index (χ4v) is 2.30. The lowest BCUT2D eigenvalue weighted by molar-refractivity contribution is 0.0998. The molecule has 3 aromatic rings. The highest BCUT2D eigenvalue weighted by molar-refractivity contribution is 6.05. The van der Waals surface area contributed by atoms with Crippen LogP contribution in [0, 0.1) is 5.82 Å². The molecule has 0 aliphatic rings. The van der Waals surface area contributed by atoms with Gasteiger partial charge in [0.15, 0.2) is 17.2 Å². The molecule has 1 aromatic heterocycles. The van der Waals surface area contributed by atoms with E-state index in [-0.39, 0.29) is 11.3 Å². The smallest absolute Gasteiger partial charge is 0.291 e. The lowest BCUT2D eigenvalue weighted by Gasteiger charge is -2.12. The summed E-state index contributed by atoms with van der Waals surface area (Å²) in [6.45, 7) is 1.61. The topological polar surface area (TPSA) is 62.5 Å². The third kappa shape index (κ3) is 2.58. The van der Waals surface area contributed by atoms with Crippen LogP contribution in [0.1, 0.15) is 29.1 Å². The van der Waals surface area contributed by atoms with Crippen molar-refractivity contribution in [3.63, 3.8) is 0 Å². The van der Waals surface area contributed by atoms with E-state index in [1.54, 1.807) is 43.3 Å². The zero-order chi connectivity index (χ0) is 15.7. The first kappa shape index (κ1) is 14.3. The average molecular weight is 299 g/mol. The van der Waals surface area contributed by atoms with Gasteiger partial charge in [-0.1, -0.05) is 30.3 Å². The largest absolute Gasteiger partial charge is 0.448 e.